The number of nitrogens with one attached hydrogen (secondary N) is 2. The molecule has 2 N–H and O–H groups in total. The number of hydrogen-bond acceptors (Lipinski definition) is 2. The molecule has 70 valence electrons. The van der Waals surface area contributed by atoms with Crippen molar-refractivity contribution in [1.29, 1.82) is 0 Å². The lowest BCUT2D eigenvalue weighted by atomic mass is 9.92. The average Bonchev–Trinajstić information content (AvgIpc) is 1.96. The fourth-order valence-electron chi connectivity index (χ4n) is 1.70. The minimum absolute atomic E-state index is 0.0720. The summed E-state index contributed by atoms with van der Waals surface area (Å²) in [6, 6.07) is 0.719. The fourth-order valence-corrected chi connectivity index (χ4v) is 1.70. The largest absolute Gasteiger partial charge is 0.352 e. The summed E-state index contributed by atoms with van der Waals surface area (Å²) in [7, 11) is 0. The van der Waals surface area contributed by atoms with E-state index in [1.54, 1.807) is 6.92 Å². The molecular weight excluding hydrogens is 152 g/mol. The Morgan fingerprint density at radius 3 is 2.75 bits per heavy atom. The van der Waals surface area contributed by atoms with Crippen molar-refractivity contribution in [3.05, 3.63) is 0 Å². The second-order valence-electron chi connectivity index (χ2n) is 3.84. The molecule has 1 rings (SSSR count). The number of amides is 1. The summed E-state index contributed by atoms with van der Waals surface area (Å²) in [5, 5.41) is 6.33. The summed E-state index contributed by atoms with van der Waals surface area (Å²) >= 11 is 0. The van der Waals surface area contributed by atoms with Crippen molar-refractivity contribution >= 4 is 5.91 Å². The van der Waals surface area contributed by atoms with Crippen LogP contribution in [-0.2, 0) is 4.79 Å². The molecule has 1 aliphatic rings. The van der Waals surface area contributed by atoms with Crippen LogP contribution in [0.15, 0.2) is 0 Å². The van der Waals surface area contributed by atoms with Gasteiger partial charge in [-0.25, -0.2) is 0 Å². The lowest BCUT2D eigenvalue weighted by Gasteiger charge is -2.34. The van der Waals surface area contributed by atoms with Gasteiger partial charge in [-0.05, 0) is 25.8 Å². The van der Waals surface area contributed by atoms with Crippen molar-refractivity contribution in [2.75, 3.05) is 6.54 Å². The molecule has 0 aromatic carbocycles. The summed E-state index contributed by atoms with van der Waals surface area (Å²) in [4.78, 5) is 10.8. The molecule has 3 heteroatoms. The quantitative estimate of drug-likeness (QED) is 0.602. The minimum atomic E-state index is 0.0720. The number of hydrogen-bond donors (Lipinski definition) is 2. The Bertz CT molecular complexity index is 170. The Balaban J connectivity index is 2.43. The molecule has 0 aromatic rings. The maximum atomic E-state index is 10.8. The van der Waals surface area contributed by atoms with Gasteiger partial charge in [0.15, 0.2) is 0 Å². The maximum Gasteiger partial charge on any atom is 0.217 e. The van der Waals surface area contributed by atoms with Crippen LogP contribution >= 0.6 is 0 Å². The minimum Gasteiger partial charge on any atom is -0.352 e. The zero-order valence-electron chi connectivity index (χ0n) is 8.05. The van der Waals surface area contributed by atoms with Crippen LogP contribution in [0.1, 0.15) is 27.2 Å². The lowest BCUT2D eigenvalue weighted by Crippen LogP contribution is -2.53. The van der Waals surface area contributed by atoms with Crippen molar-refractivity contribution in [2.24, 2.45) is 5.92 Å². The highest BCUT2D eigenvalue weighted by Crippen LogP contribution is 2.13. The summed E-state index contributed by atoms with van der Waals surface area (Å²) in [6.45, 7) is 6.96. The van der Waals surface area contributed by atoms with Crippen LogP contribution < -0.4 is 10.6 Å². The highest BCUT2D eigenvalue weighted by atomic mass is 16.1. The van der Waals surface area contributed by atoms with Crippen molar-refractivity contribution in [3.63, 3.8) is 0 Å². The Labute approximate surface area is 73.9 Å². The van der Waals surface area contributed by atoms with E-state index in [2.05, 4.69) is 24.5 Å². The number of carbonyl (C=O) groups is 1. The SMILES string of the molecule is CC(=O)NC1CC(C)CNC1C. The monoisotopic (exact) mass is 170 g/mol. The van der Waals surface area contributed by atoms with E-state index < -0.39 is 0 Å². The molecule has 0 aromatic heterocycles. The smallest absolute Gasteiger partial charge is 0.217 e. The topological polar surface area (TPSA) is 41.1 Å². The number of rotatable bonds is 1. The van der Waals surface area contributed by atoms with Crippen LogP contribution in [0.4, 0.5) is 0 Å². The van der Waals surface area contributed by atoms with Gasteiger partial charge in [0.05, 0.1) is 0 Å². The van der Waals surface area contributed by atoms with Gasteiger partial charge in [0, 0.05) is 19.0 Å². The molecular formula is C9H18N2O. The summed E-state index contributed by atoms with van der Waals surface area (Å²) in [5.41, 5.74) is 0. The van der Waals surface area contributed by atoms with Crippen LogP contribution in [0.3, 0.4) is 0 Å². The van der Waals surface area contributed by atoms with Gasteiger partial charge in [-0.2, -0.15) is 0 Å². The molecule has 3 unspecified atom stereocenters. The van der Waals surface area contributed by atoms with E-state index in [1.165, 1.54) is 0 Å². The second-order valence-corrected chi connectivity index (χ2v) is 3.84. The third kappa shape index (κ3) is 2.48. The van der Waals surface area contributed by atoms with Crippen molar-refractivity contribution in [3.8, 4) is 0 Å². The molecule has 0 spiro atoms. The third-order valence-electron chi connectivity index (χ3n) is 2.44. The Morgan fingerprint density at radius 2 is 2.17 bits per heavy atom. The molecule has 0 aliphatic carbocycles. The van der Waals surface area contributed by atoms with Gasteiger partial charge in [-0.3, -0.25) is 4.79 Å². The Morgan fingerprint density at radius 1 is 1.50 bits per heavy atom. The molecule has 1 saturated heterocycles. The molecule has 0 saturated carbocycles. The normalized spacial score (nSPS) is 36.1. The molecule has 3 nitrogen and oxygen atoms in total. The molecule has 3 atom stereocenters. The zero-order valence-corrected chi connectivity index (χ0v) is 8.05. The van der Waals surface area contributed by atoms with E-state index >= 15 is 0 Å². The predicted octanol–water partition coefficient (Wildman–Crippen LogP) is 0.509. The van der Waals surface area contributed by atoms with Crippen LogP contribution in [0, 0.1) is 5.92 Å². The van der Waals surface area contributed by atoms with E-state index in [0.29, 0.717) is 18.0 Å². The highest BCUT2D eigenvalue weighted by Gasteiger charge is 2.24. The van der Waals surface area contributed by atoms with Gasteiger partial charge >= 0.3 is 0 Å². The highest BCUT2D eigenvalue weighted by molar-refractivity contribution is 5.73. The van der Waals surface area contributed by atoms with E-state index in [9.17, 15) is 4.79 Å². The van der Waals surface area contributed by atoms with E-state index in [0.717, 1.165) is 13.0 Å². The molecule has 1 amide bonds. The Hall–Kier alpha value is -0.570. The summed E-state index contributed by atoms with van der Waals surface area (Å²) in [6.07, 6.45) is 1.09. The fraction of sp³-hybridized carbons (Fsp3) is 0.889. The number of carbonyl (C=O) groups excluding carboxylic acids is 1. The van der Waals surface area contributed by atoms with E-state index in [-0.39, 0.29) is 5.91 Å². The van der Waals surface area contributed by atoms with Crippen LogP contribution in [0.2, 0.25) is 0 Å². The van der Waals surface area contributed by atoms with Crippen LogP contribution in [-0.4, -0.2) is 24.5 Å². The first-order valence-electron chi connectivity index (χ1n) is 4.60. The van der Waals surface area contributed by atoms with Crippen molar-refractivity contribution in [1.82, 2.24) is 10.6 Å². The number of piperidine rings is 1. The first-order valence-corrected chi connectivity index (χ1v) is 4.60. The van der Waals surface area contributed by atoms with Crippen LogP contribution in [0.25, 0.3) is 0 Å². The van der Waals surface area contributed by atoms with Gasteiger partial charge in [-0.1, -0.05) is 6.92 Å². The zero-order chi connectivity index (χ0) is 9.14. The van der Waals surface area contributed by atoms with Crippen molar-refractivity contribution in [2.45, 2.75) is 39.3 Å². The van der Waals surface area contributed by atoms with Gasteiger partial charge in [0.1, 0.15) is 0 Å². The first-order chi connectivity index (χ1) is 5.59. The Kier molecular flexibility index (Phi) is 3.09. The van der Waals surface area contributed by atoms with Gasteiger partial charge in [0.25, 0.3) is 0 Å². The van der Waals surface area contributed by atoms with Gasteiger partial charge in [-0.15, -0.1) is 0 Å². The first kappa shape index (κ1) is 9.52. The van der Waals surface area contributed by atoms with Gasteiger partial charge in [0.2, 0.25) is 5.91 Å². The molecule has 1 fully saturated rings. The second kappa shape index (κ2) is 3.90. The molecule has 12 heavy (non-hydrogen) atoms. The molecule has 1 heterocycles. The third-order valence-corrected chi connectivity index (χ3v) is 2.44. The maximum absolute atomic E-state index is 10.8. The van der Waals surface area contributed by atoms with Crippen LogP contribution in [0.5, 0.6) is 0 Å². The predicted molar refractivity (Wildman–Crippen MR) is 48.9 cm³/mol. The summed E-state index contributed by atoms with van der Waals surface area (Å²) < 4.78 is 0. The molecule has 0 bridgehead atoms. The molecule has 1 aliphatic heterocycles. The standard InChI is InChI=1S/C9H18N2O/c1-6-4-9(11-8(3)12)7(2)10-5-6/h6-7,9-10H,4-5H2,1-3H3,(H,11,12). The van der Waals surface area contributed by atoms with E-state index in [1.807, 2.05) is 0 Å². The van der Waals surface area contributed by atoms with Gasteiger partial charge < -0.3 is 10.6 Å². The molecule has 0 radical (unpaired) electrons. The van der Waals surface area contributed by atoms with E-state index in [4.69, 9.17) is 0 Å². The average molecular weight is 170 g/mol. The summed E-state index contributed by atoms with van der Waals surface area (Å²) in [5.74, 6) is 0.737. The van der Waals surface area contributed by atoms with Crippen molar-refractivity contribution < 1.29 is 4.79 Å². The lowest BCUT2D eigenvalue weighted by molar-refractivity contribution is -0.120.